The van der Waals surface area contributed by atoms with E-state index >= 15 is 0 Å². The van der Waals surface area contributed by atoms with Crippen molar-refractivity contribution >= 4 is 5.91 Å². The Morgan fingerprint density at radius 1 is 1.47 bits per heavy atom. The van der Waals surface area contributed by atoms with Crippen molar-refractivity contribution in [3.8, 4) is 6.07 Å². The van der Waals surface area contributed by atoms with Gasteiger partial charge in [0.05, 0.1) is 6.07 Å². The van der Waals surface area contributed by atoms with Crippen LogP contribution in [0.25, 0.3) is 0 Å². The van der Waals surface area contributed by atoms with E-state index in [4.69, 9.17) is 10.00 Å². The summed E-state index contributed by atoms with van der Waals surface area (Å²) in [6.07, 6.45) is 5.72. The molecule has 0 atom stereocenters. The zero-order chi connectivity index (χ0) is 12.5. The Morgan fingerprint density at radius 3 is 2.76 bits per heavy atom. The largest absolute Gasteiger partial charge is 0.382 e. The fraction of sp³-hybridized carbons (Fsp3) is 0.846. The molecule has 0 saturated heterocycles. The van der Waals surface area contributed by atoms with Crippen molar-refractivity contribution in [2.45, 2.75) is 51.5 Å². The van der Waals surface area contributed by atoms with Crippen LogP contribution in [0.5, 0.6) is 0 Å². The molecular weight excluding hydrogens is 216 g/mol. The zero-order valence-corrected chi connectivity index (χ0v) is 10.7. The Balaban J connectivity index is 2.35. The van der Waals surface area contributed by atoms with Crippen molar-refractivity contribution in [3.05, 3.63) is 0 Å². The smallest absolute Gasteiger partial charge is 0.223 e. The SMILES string of the molecule is CCOCCCC(=O)N(CC#N)C1CCCC1. The molecule has 17 heavy (non-hydrogen) atoms. The Morgan fingerprint density at radius 2 is 2.18 bits per heavy atom. The molecule has 4 heteroatoms. The summed E-state index contributed by atoms with van der Waals surface area (Å²) in [5, 5.41) is 8.79. The van der Waals surface area contributed by atoms with Crippen LogP contribution in [0.15, 0.2) is 0 Å². The first-order valence-corrected chi connectivity index (χ1v) is 6.53. The Labute approximate surface area is 104 Å². The van der Waals surface area contributed by atoms with Gasteiger partial charge in [0.25, 0.3) is 0 Å². The minimum Gasteiger partial charge on any atom is -0.382 e. The Bertz CT molecular complexity index is 267. The van der Waals surface area contributed by atoms with Crippen molar-refractivity contribution < 1.29 is 9.53 Å². The second-order valence-corrected chi connectivity index (χ2v) is 4.42. The molecule has 0 N–H and O–H groups in total. The standard InChI is InChI=1S/C13H22N2O2/c1-2-17-11-5-8-13(16)15(10-9-14)12-6-3-4-7-12/h12H,2-8,10-11H2,1H3. The topological polar surface area (TPSA) is 53.3 Å². The molecule has 1 rings (SSSR count). The maximum absolute atomic E-state index is 12.0. The summed E-state index contributed by atoms with van der Waals surface area (Å²) in [5.74, 6) is 0.109. The van der Waals surface area contributed by atoms with Crippen LogP contribution in [-0.4, -0.2) is 36.6 Å². The van der Waals surface area contributed by atoms with Gasteiger partial charge >= 0.3 is 0 Å². The second-order valence-electron chi connectivity index (χ2n) is 4.42. The van der Waals surface area contributed by atoms with E-state index in [0.29, 0.717) is 25.7 Å². The molecule has 1 aliphatic carbocycles. The zero-order valence-electron chi connectivity index (χ0n) is 10.7. The highest BCUT2D eigenvalue weighted by Gasteiger charge is 2.25. The van der Waals surface area contributed by atoms with Crippen molar-refractivity contribution in [1.29, 1.82) is 5.26 Å². The van der Waals surface area contributed by atoms with Gasteiger partial charge in [-0.3, -0.25) is 4.79 Å². The summed E-state index contributed by atoms with van der Waals surface area (Å²) in [6, 6.07) is 2.40. The predicted molar refractivity (Wildman–Crippen MR) is 65.3 cm³/mol. The lowest BCUT2D eigenvalue weighted by Crippen LogP contribution is -2.39. The number of nitriles is 1. The molecule has 0 aromatic heterocycles. The summed E-state index contributed by atoms with van der Waals surface area (Å²) in [7, 11) is 0. The van der Waals surface area contributed by atoms with Crippen molar-refractivity contribution in [1.82, 2.24) is 4.90 Å². The lowest BCUT2D eigenvalue weighted by molar-refractivity contribution is -0.133. The van der Waals surface area contributed by atoms with E-state index in [-0.39, 0.29) is 12.5 Å². The fourth-order valence-electron chi connectivity index (χ4n) is 2.33. The lowest BCUT2D eigenvalue weighted by atomic mass is 10.2. The predicted octanol–water partition coefficient (Wildman–Crippen LogP) is 2.10. The van der Waals surface area contributed by atoms with Crippen LogP contribution >= 0.6 is 0 Å². The van der Waals surface area contributed by atoms with Gasteiger partial charge in [0.1, 0.15) is 6.54 Å². The van der Waals surface area contributed by atoms with Gasteiger partial charge in [0.15, 0.2) is 0 Å². The molecule has 96 valence electrons. The van der Waals surface area contributed by atoms with E-state index < -0.39 is 0 Å². The molecule has 0 radical (unpaired) electrons. The fourth-order valence-corrected chi connectivity index (χ4v) is 2.33. The Kier molecular flexibility index (Phi) is 6.64. The van der Waals surface area contributed by atoms with Gasteiger partial charge in [0.2, 0.25) is 5.91 Å². The van der Waals surface area contributed by atoms with E-state index in [1.54, 1.807) is 4.90 Å². The maximum atomic E-state index is 12.0. The number of rotatable bonds is 7. The van der Waals surface area contributed by atoms with Crippen molar-refractivity contribution in [2.75, 3.05) is 19.8 Å². The second kappa shape index (κ2) is 8.08. The molecule has 0 heterocycles. The normalized spacial score (nSPS) is 15.8. The highest BCUT2D eigenvalue weighted by molar-refractivity contribution is 5.76. The summed E-state index contributed by atoms with van der Waals surface area (Å²) in [5.41, 5.74) is 0. The average Bonchev–Trinajstić information content (AvgIpc) is 2.85. The molecule has 0 bridgehead atoms. The van der Waals surface area contributed by atoms with Crippen molar-refractivity contribution in [2.24, 2.45) is 0 Å². The summed E-state index contributed by atoms with van der Waals surface area (Å²) < 4.78 is 5.21. The molecule has 0 spiro atoms. The van der Waals surface area contributed by atoms with Gasteiger partial charge in [0, 0.05) is 25.7 Å². The van der Waals surface area contributed by atoms with Gasteiger partial charge in [-0.15, -0.1) is 0 Å². The minimum absolute atomic E-state index is 0.109. The van der Waals surface area contributed by atoms with Crippen LogP contribution in [0.3, 0.4) is 0 Å². The molecule has 1 aliphatic rings. The van der Waals surface area contributed by atoms with E-state index in [1.807, 2.05) is 6.92 Å². The Hall–Kier alpha value is -1.08. The van der Waals surface area contributed by atoms with Gasteiger partial charge in [-0.25, -0.2) is 0 Å². The molecule has 0 aromatic carbocycles. The van der Waals surface area contributed by atoms with E-state index in [9.17, 15) is 4.79 Å². The molecule has 0 unspecified atom stereocenters. The van der Waals surface area contributed by atoms with E-state index in [2.05, 4.69) is 6.07 Å². The van der Waals surface area contributed by atoms with Gasteiger partial charge in [-0.2, -0.15) is 5.26 Å². The molecule has 1 saturated carbocycles. The number of carbonyl (C=O) groups is 1. The first-order valence-electron chi connectivity index (χ1n) is 6.53. The first kappa shape index (κ1) is 14.0. The quantitative estimate of drug-likeness (QED) is 0.504. The summed E-state index contributed by atoms with van der Waals surface area (Å²) >= 11 is 0. The van der Waals surface area contributed by atoms with Crippen LogP contribution in [0, 0.1) is 11.3 Å². The molecule has 1 amide bonds. The van der Waals surface area contributed by atoms with Gasteiger partial charge in [-0.05, 0) is 26.2 Å². The third-order valence-corrected chi connectivity index (χ3v) is 3.21. The maximum Gasteiger partial charge on any atom is 0.223 e. The third kappa shape index (κ3) is 4.74. The number of hydrogen-bond donors (Lipinski definition) is 0. The van der Waals surface area contributed by atoms with Crippen LogP contribution in [-0.2, 0) is 9.53 Å². The van der Waals surface area contributed by atoms with Crippen LogP contribution in [0.2, 0.25) is 0 Å². The number of carbonyl (C=O) groups excluding carboxylic acids is 1. The number of ether oxygens (including phenoxy) is 1. The van der Waals surface area contributed by atoms with Crippen LogP contribution < -0.4 is 0 Å². The number of hydrogen-bond acceptors (Lipinski definition) is 3. The summed E-state index contributed by atoms with van der Waals surface area (Å²) in [6.45, 7) is 3.51. The molecule has 0 aromatic rings. The molecule has 4 nitrogen and oxygen atoms in total. The highest BCUT2D eigenvalue weighted by atomic mass is 16.5. The monoisotopic (exact) mass is 238 g/mol. The third-order valence-electron chi connectivity index (χ3n) is 3.21. The van der Waals surface area contributed by atoms with E-state index in [0.717, 1.165) is 19.3 Å². The number of amides is 1. The van der Waals surface area contributed by atoms with Crippen molar-refractivity contribution in [3.63, 3.8) is 0 Å². The molecular formula is C13H22N2O2. The minimum atomic E-state index is 0.109. The van der Waals surface area contributed by atoms with E-state index in [1.165, 1.54) is 12.8 Å². The highest BCUT2D eigenvalue weighted by Crippen LogP contribution is 2.23. The van der Waals surface area contributed by atoms with Gasteiger partial charge < -0.3 is 9.64 Å². The average molecular weight is 238 g/mol. The van der Waals surface area contributed by atoms with Crippen LogP contribution in [0.4, 0.5) is 0 Å². The first-order chi connectivity index (χ1) is 8.29. The van der Waals surface area contributed by atoms with Gasteiger partial charge in [-0.1, -0.05) is 12.8 Å². The number of nitrogens with zero attached hydrogens (tertiary/aromatic N) is 2. The van der Waals surface area contributed by atoms with Crippen LogP contribution in [0.1, 0.15) is 45.4 Å². The summed E-state index contributed by atoms with van der Waals surface area (Å²) in [4.78, 5) is 13.8. The lowest BCUT2D eigenvalue weighted by Gasteiger charge is -2.26. The molecule has 0 aliphatic heterocycles. The molecule has 1 fully saturated rings.